The number of hydrogen-bond acceptors (Lipinski definition) is 4. The van der Waals surface area contributed by atoms with Crippen molar-refractivity contribution in [1.82, 2.24) is 14.8 Å². The normalized spacial score (nSPS) is 18.7. The second-order valence-corrected chi connectivity index (χ2v) is 10.4. The first-order valence-electron chi connectivity index (χ1n) is 13.2. The van der Waals surface area contributed by atoms with Gasteiger partial charge in [0.2, 0.25) is 0 Å². The van der Waals surface area contributed by atoms with Crippen LogP contribution in [-0.4, -0.2) is 71.4 Å². The van der Waals surface area contributed by atoms with Crippen LogP contribution in [0.4, 0.5) is 13.2 Å². The van der Waals surface area contributed by atoms with Gasteiger partial charge in [0.1, 0.15) is 29.8 Å². The molecule has 0 aliphatic carbocycles. The maximum atomic E-state index is 13.7. The number of nitrogens with zero attached hydrogens (tertiary/aromatic N) is 2. The van der Waals surface area contributed by atoms with E-state index in [1.165, 1.54) is 18.2 Å². The van der Waals surface area contributed by atoms with Gasteiger partial charge in [-0.1, -0.05) is 6.08 Å². The maximum absolute atomic E-state index is 13.7. The number of carbonyl (C=O) groups is 2. The summed E-state index contributed by atoms with van der Waals surface area (Å²) in [5.41, 5.74) is 2.46. The summed E-state index contributed by atoms with van der Waals surface area (Å²) in [6.07, 6.45) is 8.79. The van der Waals surface area contributed by atoms with Crippen LogP contribution in [0.1, 0.15) is 42.7 Å². The number of carbonyl (C=O) groups excluding carboxylic acids is 1. The molecule has 3 heterocycles. The molecule has 1 atom stereocenters. The van der Waals surface area contributed by atoms with Crippen LogP contribution in [0.15, 0.2) is 48.7 Å². The minimum absolute atomic E-state index is 0.214. The number of nitrogens with one attached hydrogen (secondary N) is 1. The lowest BCUT2D eigenvalue weighted by molar-refractivity contribution is -0.147. The van der Waals surface area contributed by atoms with Crippen molar-refractivity contribution in [3.8, 4) is 0 Å². The molecule has 3 aromatic rings. The minimum Gasteiger partial charge on any atom is -0.480 e. The third-order valence-electron chi connectivity index (χ3n) is 7.75. The molecule has 208 valence electrons. The summed E-state index contributed by atoms with van der Waals surface area (Å²) in [5, 5.41) is 10.8. The SMILES string of the molecule is CN1CCC(C(C(=O)O)N2CCC(c3c[nH]c4ccc(F)cc34)CC2)CC1.O=C/C=C/c1cc(F)cc(F)c1. The first-order valence-corrected chi connectivity index (χ1v) is 13.2. The van der Waals surface area contributed by atoms with Gasteiger partial charge >= 0.3 is 5.97 Å². The van der Waals surface area contributed by atoms with Crippen molar-refractivity contribution in [3.63, 3.8) is 0 Å². The molecule has 0 amide bonds. The largest absolute Gasteiger partial charge is 0.480 e. The van der Waals surface area contributed by atoms with E-state index in [4.69, 9.17) is 0 Å². The monoisotopic (exact) mass is 541 g/mol. The molecule has 6 nitrogen and oxygen atoms in total. The molecule has 2 fully saturated rings. The first-order chi connectivity index (χ1) is 18.7. The van der Waals surface area contributed by atoms with Gasteiger partial charge in [-0.2, -0.15) is 0 Å². The predicted molar refractivity (Wildman–Crippen MR) is 145 cm³/mol. The summed E-state index contributed by atoms with van der Waals surface area (Å²) < 4.78 is 38.6. The Balaban J connectivity index is 0.000000247. The molecule has 0 saturated carbocycles. The van der Waals surface area contributed by atoms with Crippen LogP contribution in [0.5, 0.6) is 0 Å². The number of allylic oxidation sites excluding steroid dienone is 1. The van der Waals surface area contributed by atoms with Gasteiger partial charge in [-0.25, -0.2) is 13.2 Å². The van der Waals surface area contributed by atoms with Crippen molar-refractivity contribution in [3.05, 3.63) is 77.2 Å². The van der Waals surface area contributed by atoms with Crippen LogP contribution < -0.4 is 0 Å². The fourth-order valence-corrected chi connectivity index (χ4v) is 5.76. The van der Waals surface area contributed by atoms with Gasteiger partial charge in [0.25, 0.3) is 0 Å². The number of aldehydes is 1. The van der Waals surface area contributed by atoms with E-state index in [0.29, 0.717) is 17.8 Å². The Labute approximate surface area is 226 Å². The van der Waals surface area contributed by atoms with Crippen molar-refractivity contribution >= 4 is 29.2 Å². The van der Waals surface area contributed by atoms with E-state index >= 15 is 0 Å². The van der Waals surface area contributed by atoms with E-state index in [-0.39, 0.29) is 17.8 Å². The number of likely N-dealkylation sites (tertiary alicyclic amines) is 2. The third kappa shape index (κ3) is 7.36. The Kier molecular flexibility index (Phi) is 9.59. The van der Waals surface area contributed by atoms with Crippen LogP contribution in [0, 0.1) is 23.4 Å². The third-order valence-corrected chi connectivity index (χ3v) is 7.75. The van der Waals surface area contributed by atoms with E-state index in [9.17, 15) is 27.9 Å². The number of piperidine rings is 2. The zero-order valence-electron chi connectivity index (χ0n) is 22.0. The van der Waals surface area contributed by atoms with Crippen molar-refractivity contribution in [2.75, 3.05) is 33.2 Å². The number of aromatic nitrogens is 1. The molecule has 1 unspecified atom stereocenters. The van der Waals surface area contributed by atoms with E-state index in [0.717, 1.165) is 86.5 Å². The Bertz CT molecular complexity index is 1290. The number of aliphatic carboxylic acids is 1. The topological polar surface area (TPSA) is 76.6 Å². The van der Waals surface area contributed by atoms with Gasteiger partial charge in [0.15, 0.2) is 0 Å². The lowest BCUT2D eigenvalue weighted by atomic mass is 9.84. The highest BCUT2D eigenvalue weighted by Gasteiger charge is 2.37. The molecule has 2 N–H and O–H groups in total. The van der Waals surface area contributed by atoms with E-state index in [1.54, 1.807) is 12.1 Å². The van der Waals surface area contributed by atoms with Crippen LogP contribution in [0.25, 0.3) is 17.0 Å². The quantitative estimate of drug-likeness (QED) is 0.320. The zero-order valence-corrected chi connectivity index (χ0v) is 22.0. The van der Waals surface area contributed by atoms with Crippen molar-refractivity contribution in [2.45, 2.75) is 37.6 Å². The van der Waals surface area contributed by atoms with Crippen LogP contribution in [0.3, 0.4) is 0 Å². The number of H-pyrrole nitrogens is 1. The Morgan fingerprint density at radius 2 is 1.64 bits per heavy atom. The van der Waals surface area contributed by atoms with Crippen LogP contribution in [-0.2, 0) is 9.59 Å². The van der Waals surface area contributed by atoms with E-state index in [2.05, 4.69) is 21.8 Å². The van der Waals surface area contributed by atoms with Gasteiger partial charge in [0.05, 0.1) is 0 Å². The summed E-state index contributed by atoms with van der Waals surface area (Å²) in [5.74, 6) is -1.62. The van der Waals surface area contributed by atoms with Crippen LogP contribution >= 0.6 is 0 Å². The minimum atomic E-state index is -0.683. The van der Waals surface area contributed by atoms with Crippen molar-refractivity contribution in [1.29, 1.82) is 0 Å². The Morgan fingerprint density at radius 3 is 2.26 bits per heavy atom. The number of fused-ring (bicyclic) bond motifs is 1. The number of rotatable bonds is 6. The molecular weight excluding hydrogens is 507 g/mol. The maximum Gasteiger partial charge on any atom is 0.321 e. The number of carboxylic acids is 1. The van der Waals surface area contributed by atoms with Crippen molar-refractivity contribution in [2.24, 2.45) is 5.92 Å². The number of benzene rings is 2. The highest BCUT2D eigenvalue weighted by molar-refractivity contribution is 5.83. The highest BCUT2D eigenvalue weighted by Crippen LogP contribution is 2.35. The summed E-state index contributed by atoms with van der Waals surface area (Å²) >= 11 is 0. The fourth-order valence-electron chi connectivity index (χ4n) is 5.76. The fraction of sp³-hybridized carbons (Fsp3) is 0.400. The molecule has 5 rings (SSSR count). The summed E-state index contributed by atoms with van der Waals surface area (Å²) in [6, 6.07) is 7.55. The molecule has 2 aromatic carbocycles. The van der Waals surface area contributed by atoms with Gasteiger partial charge < -0.3 is 15.0 Å². The van der Waals surface area contributed by atoms with Gasteiger partial charge in [-0.05, 0) is 118 Å². The summed E-state index contributed by atoms with van der Waals surface area (Å²) in [7, 11) is 2.10. The molecule has 2 aliphatic heterocycles. The van der Waals surface area contributed by atoms with Gasteiger partial charge in [-0.3, -0.25) is 14.5 Å². The average molecular weight is 542 g/mol. The lowest BCUT2D eigenvalue weighted by Gasteiger charge is -2.41. The smallest absolute Gasteiger partial charge is 0.321 e. The van der Waals surface area contributed by atoms with Crippen LogP contribution in [0.2, 0.25) is 0 Å². The lowest BCUT2D eigenvalue weighted by Crippen LogP contribution is -2.51. The predicted octanol–water partition coefficient (Wildman–Crippen LogP) is 5.46. The first kappa shape index (κ1) is 28.6. The molecule has 1 aromatic heterocycles. The standard InChI is InChI=1S/C21H28FN3O2.C9H6F2O/c1-24-8-4-15(5-9-24)20(21(26)27)25-10-6-14(7-11-25)18-13-23-19-3-2-16(22)12-17(18)19;10-8-4-7(2-1-3-12)5-9(11)6-8/h2-3,12-15,20,23H,4-11H2,1H3,(H,26,27);1-6H/b;2-1+. The molecule has 2 aliphatic rings. The summed E-state index contributed by atoms with van der Waals surface area (Å²) in [6.45, 7) is 3.53. The summed E-state index contributed by atoms with van der Waals surface area (Å²) in [4.78, 5) is 29.6. The zero-order chi connectivity index (χ0) is 27.9. The van der Waals surface area contributed by atoms with Gasteiger partial charge in [0, 0.05) is 23.2 Å². The second kappa shape index (κ2) is 13.1. The van der Waals surface area contributed by atoms with E-state index in [1.807, 2.05) is 6.20 Å². The van der Waals surface area contributed by atoms with E-state index < -0.39 is 17.6 Å². The number of hydrogen-bond donors (Lipinski definition) is 2. The van der Waals surface area contributed by atoms with Gasteiger partial charge in [-0.15, -0.1) is 0 Å². The number of aromatic amines is 1. The second-order valence-electron chi connectivity index (χ2n) is 10.4. The molecule has 39 heavy (non-hydrogen) atoms. The Morgan fingerprint density at radius 1 is 0.974 bits per heavy atom. The molecule has 0 spiro atoms. The highest BCUT2D eigenvalue weighted by atomic mass is 19.1. The molecule has 2 saturated heterocycles. The molecule has 9 heteroatoms. The number of halogens is 3. The molecule has 0 bridgehead atoms. The number of carboxylic acid groups (broad SMARTS) is 1. The average Bonchev–Trinajstić information content (AvgIpc) is 3.32. The molecular formula is C30H34F3N3O3. The molecule has 0 radical (unpaired) electrons. The van der Waals surface area contributed by atoms with Crippen molar-refractivity contribution < 1.29 is 27.9 Å². The Hall–Kier alpha value is -3.43.